The Kier molecular flexibility index (Phi) is 5.35. The van der Waals surface area contributed by atoms with Crippen molar-refractivity contribution >= 4 is 26.7 Å². The van der Waals surface area contributed by atoms with E-state index in [-0.39, 0.29) is 21.5 Å². The number of amides is 1. The van der Waals surface area contributed by atoms with Crippen molar-refractivity contribution in [3.05, 3.63) is 53.6 Å². The van der Waals surface area contributed by atoms with Crippen LogP contribution in [0.1, 0.15) is 35.7 Å². The van der Waals surface area contributed by atoms with Gasteiger partial charge >= 0.3 is 0 Å². The van der Waals surface area contributed by atoms with Crippen LogP contribution in [0.3, 0.4) is 0 Å². The van der Waals surface area contributed by atoms with Gasteiger partial charge in [0.2, 0.25) is 5.16 Å². The number of tetrazole rings is 1. The molecule has 2 heterocycles. The van der Waals surface area contributed by atoms with Gasteiger partial charge in [0.05, 0.1) is 18.4 Å². The quantitative estimate of drug-likeness (QED) is 0.543. The monoisotopic (exact) mass is 461 g/mol. The van der Waals surface area contributed by atoms with Crippen LogP contribution in [0.25, 0.3) is 5.69 Å². The predicted molar refractivity (Wildman–Crippen MR) is 111 cm³/mol. The topological polar surface area (TPSA) is 124 Å². The number of ether oxygens (including phenoxy) is 1. The average Bonchev–Trinajstić information content (AvgIpc) is 3.32. The van der Waals surface area contributed by atoms with E-state index in [1.54, 1.807) is 36.4 Å². The molecule has 1 aliphatic rings. The smallest absolute Gasteiger partial charge is 0.270 e. The van der Waals surface area contributed by atoms with E-state index in [0.29, 0.717) is 21.3 Å². The van der Waals surface area contributed by atoms with Crippen LogP contribution < -0.4 is 4.74 Å². The third-order valence-corrected chi connectivity index (χ3v) is 7.92. The molecule has 12 heteroatoms. The number of rotatable bonds is 6. The molecular formula is C19H19N5O5S2. The highest BCUT2D eigenvalue weighted by Crippen LogP contribution is 2.38. The van der Waals surface area contributed by atoms with E-state index in [1.807, 2.05) is 13.8 Å². The third-order valence-electron chi connectivity index (χ3n) is 4.85. The van der Waals surface area contributed by atoms with Gasteiger partial charge in [0.25, 0.3) is 15.9 Å². The molecule has 0 fully saturated rings. The van der Waals surface area contributed by atoms with Gasteiger partial charge in [-0.25, -0.2) is 16.9 Å². The number of sulfonamides is 1. The first-order valence-corrected chi connectivity index (χ1v) is 12.0. The molecule has 4 rings (SSSR count). The van der Waals surface area contributed by atoms with Crippen LogP contribution in [-0.2, 0) is 20.8 Å². The van der Waals surface area contributed by atoms with Crippen LogP contribution in [0.2, 0.25) is 0 Å². The summed E-state index contributed by atoms with van der Waals surface area (Å²) in [4.78, 5) is 13.0. The fourth-order valence-corrected chi connectivity index (χ4v) is 6.34. The molecule has 0 bridgehead atoms. The number of hydrogen-bond acceptors (Lipinski definition) is 8. The summed E-state index contributed by atoms with van der Waals surface area (Å²) in [7, 11) is -4.81. The summed E-state index contributed by atoms with van der Waals surface area (Å²) in [6.45, 7) is 3.70. The normalized spacial score (nSPS) is 15.9. The van der Waals surface area contributed by atoms with Crippen molar-refractivity contribution in [3.63, 3.8) is 0 Å². The zero-order chi connectivity index (χ0) is 22.3. The molecule has 0 radical (unpaired) electrons. The summed E-state index contributed by atoms with van der Waals surface area (Å²) < 4.78 is 46.4. The molecule has 162 valence electrons. The lowest BCUT2D eigenvalue weighted by Crippen LogP contribution is -2.33. The Bertz CT molecular complexity index is 1290. The Balaban J connectivity index is 1.73. The number of hydrogen-bond donors (Lipinski definition) is 0. The molecule has 3 aromatic rings. The molecule has 0 saturated carbocycles. The number of para-hydroxylation sites is 1. The van der Waals surface area contributed by atoms with E-state index in [1.165, 1.54) is 17.9 Å². The van der Waals surface area contributed by atoms with Crippen LogP contribution in [0, 0.1) is 0 Å². The standard InChI is InChI=1S/C19H19N5O5S2/c1-12(2)15-9-14(29-3)10-16-17(15)18(25)23(31(16,27)28)11-30(26)19-20-21-22-24(19)13-7-5-4-6-8-13/h4-10,12H,11H2,1-3H3. The van der Waals surface area contributed by atoms with E-state index in [2.05, 4.69) is 15.5 Å². The lowest BCUT2D eigenvalue weighted by Gasteiger charge is -2.14. The minimum atomic E-state index is -4.21. The summed E-state index contributed by atoms with van der Waals surface area (Å²) in [5, 5.41) is 11.1. The Hall–Kier alpha value is -3.12. The van der Waals surface area contributed by atoms with Crippen molar-refractivity contribution in [2.45, 2.75) is 29.8 Å². The van der Waals surface area contributed by atoms with Gasteiger partial charge in [-0.1, -0.05) is 37.1 Å². The molecule has 1 aromatic heterocycles. The maximum absolute atomic E-state index is 13.2. The summed E-state index contributed by atoms with van der Waals surface area (Å²) in [5.41, 5.74) is 1.18. The number of benzene rings is 2. The fraction of sp³-hybridized carbons (Fsp3) is 0.263. The van der Waals surface area contributed by atoms with Gasteiger partial charge in [0.15, 0.2) is 0 Å². The lowest BCUT2D eigenvalue weighted by molar-refractivity contribution is 0.0884. The largest absolute Gasteiger partial charge is 0.497 e. The Morgan fingerprint density at radius 1 is 1.16 bits per heavy atom. The van der Waals surface area contributed by atoms with Crippen LogP contribution in [0.4, 0.5) is 0 Å². The zero-order valence-electron chi connectivity index (χ0n) is 16.9. The highest BCUT2D eigenvalue weighted by molar-refractivity contribution is 7.92. The summed E-state index contributed by atoms with van der Waals surface area (Å²) in [6, 6.07) is 11.7. The minimum Gasteiger partial charge on any atom is -0.497 e. The van der Waals surface area contributed by atoms with Gasteiger partial charge in [-0.2, -0.15) is 4.68 Å². The van der Waals surface area contributed by atoms with E-state index >= 15 is 0 Å². The first-order chi connectivity index (χ1) is 14.8. The number of carbonyl (C=O) groups excluding carboxylic acids is 1. The van der Waals surface area contributed by atoms with Gasteiger partial charge < -0.3 is 4.74 Å². The van der Waals surface area contributed by atoms with Gasteiger partial charge in [0.1, 0.15) is 27.3 Å². The number of aromatic nitrogens is 4. The molecule has 1 unspecified atom stereocenters. The number of carbonyl (C=O) groups is 1. The molecule has 1 amide bonds. The number of nitrogens with zero attached hydrogens (tertiary/aromatic N) is 5. The van der Waals surface area contributed by atoms with Crippen molar-refractivity contribution < 1.29 is 22.2 Å². The summed E-state index contributed by atoms with van der Waals surface area (Å²) in [5.74, 6) is -1.13. The van der Waals surface area contributed by atoms with Gasteiger partial charge in [-0.3, -0.25) is 4.79 Å². The van der Waals surface area contributed by atoms with E-state index in [4.69, 9.17) is 4.74 Å². The van der Waals surface area contributed by atoms with Gasteiger partial charge in [0, 0.05) is 6.07 Å². The van der Waals surface area contributed by atoms with Crippen molar-refractivity contribution in [3.8, 4) is 11.4 Å². The maximum atomic E-state index is 13.2. The van der Waals surface area contributed by atoms with Gasteiger partial charge in [-0.15, -0.1) is 0 Å². The second-order valence-corrected chi connectivity index (χ2v) is 10.2. The predicted octanol–water partition coefficient (Wildman–Crippen LogP) is 1.70. The second-order valence-electron chi connectivity index (χ2n) is 7.09. The maximum Gasteiger partial charge on any atom is 0.270 e. The highest BCUT2D eigenvalue weighted by Gasteiger charge is 2.45. The third kappa shape index (κ3) is 3.51. The molecule has 1 atom stereocenters. The zero-order valence-corrected chi connectivity index (χ0v) is 18.6. The molecule has 0 aliphatic carbocycles. The van der Waals surface area contributed by atoms with Crippen LogP contribution >= 0.6 is 0 Å². The molecule has 2 aromatic carbocycles. The molecule has 0 saturated heterocycles. The van der Waals surface area contributed by atoms with Crippen LogP contribution in [0.5, 0.6) is 5.75 Å². The molecule has 0 spiro atoms. The molecule has 31 heavy (non-hydrogen) atoms. The first-order valence-electron chi connectivity index (χ1n) is 9.27. The first kappa shape index (κ1) is 21.1. The molecule has 10 nitrogen and oxygen atoms in total. The lowest BCUT2D eigenvalue weighted by atomic mass is 9.96. The molecule has 1 aliphatic heterocycles. The molecular weight excluding hydrogens is 442 g/mol. The fourth-order valence-electron chi connectivity index (χ4n) is 3.31. The van der Waals surface area contributed by atoms with Crippen LogP contribution in [-0.4, -0.2) is 56.0 Å². The van der Waals surface area contributed by atoms with Crippen molar-refractivity contribution in [2.75, 3.05) is 13.0 Å². The van der Waals surface area contributed by atoms with Crippen LogP contribution in [0.15, 0.2) is 52.5 Å². The summed E-state index contributed by atoms with van der Waals surface area (Å²) in [6.07, 6.45) is 0. The van der Waals surface area contributed by atoms with Crippen molar-refractivity contribution in [2.24, 2.45) is 0 Å². The van der Waals surface area contributed by atoms with Crippen molar-refractivity contribution in [1.29, 1.82) is 0 Å². The van der Waals surface area contributed by atoms with Gasteiger partial charge in [-0.05, 0) is 40.1 Å². The SMILES string of the molecule is COc1cc(C(C)C)c2c(c1)S(=O)(=O)N(CS(=O)c1nnnn1-c1ccccc1)C2=O. The highest BCUT2D eigenvalue weighted by atomic mass is 32.2. The van der Waals surface area contributed by atoms with Crippen molar-refractivity contribution in [1.82, 2.24) is 24.5 Å². The average molecular weight is 462 g/mol. The molecule has 0 N–H and O–H groups in total. The number of methoxy groups -OCH3 is 1. The Morgan fingerprint density at radius 3 is 2.52 bits per heavy atom. The Morgan fingerprint density at radius 2 is 1.87 bits per heavy atom. The Labute approximate surface area is 181 Å². The van der Waals surface area contributed by atoms with E-state index < -0.39 is 32.6 Å². The van der Waals surface area contributed by atoms with E-state index in [9.17, 15) is 17.4 Å². The number of fused-ring (bicyclic) bond motifs is 1. The van der Waals surface area contributed by atoms with E-state index in [0.717, 1.165) is 0 Å². The summed E-state index contributed by atoms with van der Waals surface area (Å²) >= 11 is 0. The second kappa shape index (κ2) is 7.85. The minimum absolute atomic E-state index is 0.0631.